The Balaban J connectivity index is 0.000000167. The van der Waals surface area contributed by atoms with Gasteiger partial charge in [-0.25, -0.2) is 29.3 Å². The number of anilines is 2. The molecule has 0 spiro atoms. The SMILES string of the molecule is CN(C/C=C/C(=O)N1CCCC(n2nc(-c3ccc(Oc4ccccc4)cc3)c3c(N)ncnc32)C1)C1CCC1.Nc1ncnc2c1c(-c1ccc(Oc3ccccc3)cc1)nn2C1CCN(C(=O)/C=C/CNC2CCCC2)C1. The second kappa shape index (κ2) is 24.5. The van der Waals surface area contributed by atoms with Gasteiger partial charge >= 0.3 is 0 Å². The fraction of sp³-hybridized carbons (Fsp3) is 0.344. The van der Waals surface area contributed by atoms with Crippen LogP contribution in [-0.2, 0) is 9.59 Å². The largest absolute Gasteiger partial charge is 0.457 e. The molecule has 4 aliphatic rings. The van der Waals surface area contributed by atoms with Crippen LogP contribution in [0.25, 0.3) is 44.6 Å². The lowest BCUT2D eigenvalue weighted by Gasteiger charge is -2.34. The smallest absolute Gasteiger partial charge is 0.246 e. The number of likely N-dealkylation sites (tertiary alicyclic amines) is 2. The molecule has 2 atom stereocenters. The van der Waals surface area contributed by atoms with E-state index in [0.717, 1.165) is 95.2 Å². The zero-order chi connectivity index (χ0) is 54.1. The summed E-state index contributed by atoms with van der Waals surface area (Å²) in [5.74, 6) is 3.87. The molecule has 2 saturated carbocycles. The number of nitrogens with zero attached hydrogens (tertiary/aromatic N) is 11. The van der Waals surface area contributed by atoms with Gasteiger partial charge in [0.1, 0.15) is 58.7 Å². The van der Waals surface area contributed by atoms with Gasteiger partial charge in [-0.05, 0) is 125 Å². The van der Waals surface area contributed by atoms with E-state index in [0.29, 0.717) is 54.6 Å². The van der Waals surface area contributed by atoms with Crippen LogP contribution >= 0.6 is 0 Å². The first-order valence-electron chi connectivity index (χ1n) is 27.7. The van der Waals surface area contributed by atoms with Crippen LogP contribution in [0, 0.1) is 0 Å². The second-order valence-corrected chi connectivity index (χ2v) is 20.9. The topological polar surface area (TPSA) is 214 Å². The Labute approximate surface area is 460 Å². The van der Waals surface area contributed by atoms with Crippen LogP contribution in [-0.4, -0.2) is 124 Å². The minimum Gasteiger partial charge on any atom is -0.457 e. The van der Waals surface area contributed by atoms with Crippen molar-refractivity contribution in [2.45, 2.75) is 88.4 Å². The van der Waals surface area contributed by atoms with Gasteiger partial charge in [0.2, 0.25) is 11.8 Å². The Hall–Kier alpha value is -8.48. The number of piperidine rings is 1. The molecule has 4 fully saturated rings. The average Bonchev–Trinajstić information content (AvgIpc) is 4.52. The van der Waals surface area contributed by atoms with Gasteiger partial charge in [0, 0.05) is 74.6 Å². The summed E-state index contributed by atoms with van der Waals surface area (Å²) in [6.45, 7) is 4.09. The second-order valence-electron chi connectivity index (χ2n) is 20.9. The molecule has 2 amide bonds. The van der Waals surface area contributed by atoms with Gasteiger partial charge in [-0.3, -0.25) is 14.5 Å². The van der Waals surface area contributed by atoms with E-state index in [1.807, 2.05) is 141 Å². The predicted molar refractivity (Wildman–Crippen MR) is 307 cm³/mol. The Morgan fingerprint density at radius 1 is 0.582 bits per heavy atom. The van der Waals surface area contributed by atoms with E-state index in [-0.39, 0.29) is 23.9 Å². The summed E-state index contributed by atoms with van der Waals surface area (Å²) in [5, 5.41) is 14.9. The molecule has 6 heterocycles. The van der Waals surface area contributed by atoms with Crippen molar-refractivity contribution < 1.29 is 19.1 Å². The Morgan fingerprint density at radius 2 is 1.08 bits per heavy atom. The summed E-state index contributed by atoms with van der Waals surface area (Å²) >= 11 is 0. The van der Waals surface area contributed by atoms with Crippen molar-refractivity contribution in [2.75, 3.05) is 57.8 Å². The molecule has 0 bridgehead atoms. The summed E-state index contributed by atoms with van der Waals surface area (Å²) in [6.07, 6.45) is 21.8. The van der Waals surface area contributed by atoms with Crippen LogP contribution in [0.15, 0.2) is 146 Å². The molecule has 2 unspecified atom stereocenters. The van der Waals surface area contributed by atoms with E-state index in [1.54, 1.807) is 12.2 Å². The number of amides is 2. The number of benzene rings is 4. The molecule has 79 heavy (non-hydrogen) atoms. The third-order valence-corrected chi connectivity index (χ3v) is 15.6. The molecular weight excluding hydrogens is 993 g/mol. The lowest BCUT2D eigenvalue weighted by atomic mass is 9.92. The molecule has 0 radical (unpaired) electrons. The lowest BCUT2D eigenvalue weighted by molar-refractivity contribution is -0.127. The molecule has 2 aliphatic heterocycles. The monoisotopic (exact) mass is 1060 g/mol. The van der Waals surface area contributed by atoms with Crippen molar-refractivity contribution >= 4 is 45.5 Å². The maximum Gasteiger partial charge on any atom is 0.246 e. The van der Waals surface area contributed by atoms with Gasteiger partial charge in [0.25, 0.3) is 0 Å². The van der Waals surface area contributed by atoms with E-state index in [9.17, 15) is 9.59 Å². The number of fused-ring (bicyclic) bond motifs is 2. The molecule has 5 N–H and O–H groups in total. The van der Waals surface area contributed by atoms with Crippen molar-refractivity contribution in [1.82, 2.24) is 59.5 Å². The van der Waals surface area contributed by atoms with Crippen LogP contribution < -0.4 is 26.3 Å². The highest BCUT2D eigenvalue weighted by molar-refractivity contribution is 5.99. The van der Waals surface area contributed by atoms with Gasteiger partial charge in [-0.15, -0.1) is 0 Å². The normalized spacial score (nSPS) is 17.9. The summed E-state index contributed by atoms with van der Waals surface area (Å²) in [4.78, 5) is 49.6. The van der Waals surface area contributed by atoms with Crippen LogP contribution in [0.4, 0.5) is 11.6 Å². The molecule has 18 heteroatoms. The highest BCUT2D eigenvalue weighted by atomic mass is 16.5. The minimum atomic E-state index is -0.00464. The standard InChI is InChI=1S/C31H35N7O2.C30H33N7O2/c1-36(23-8-5-9-23)18-7-13-27(39)37-19-6-10-24(20-37)38-31-28(30(32)33-21-34-31)29(35-38)22-14-16-26(17-15-22)40-25-11-3-2-4-12-25;31-29-27-28(21-12-14-25(15-13-21)39-24-9-2-1-3-10-24)35-37(30(27)34-20-33-29)23-16-18-36(19-23)26(38)11-6-17-32-22-7-4-5-8-22/h2-4,7,11-17,21,23-24H,5-6,8-10,18-20H2,1H3,(H2,32,33,34);1-3,6,9-15,20,22-23,32H,4-5,7-8,16-19H2,(H2,31,33,34)/b13-7+;11-6+. The molecule has 4 aromatic heterocycles. The van der Waals surface area contributed by atoms with Crippen LogP contribution in [0.5, 0.6) is 23.0 Å². The van der Waals surface area contributed by atoms with Gasteiger partial charge in [0.15, 0.2) is 11.3 Å². The Morgan fingerprint density at radius 3 is 1.59 bits per heavy atom. The number of carbonyl (C=O) groups is 2. The molecular formula is C61H68N14O4. The predicted octanol–water partition coefficient (Wildman–Crippen LogP) is 9.80. The Bertz CT molecular complexity index is 3410. The number of aromatic nitrogens is 8. The van der Waals surface area contributed by atoms with Crippen molar-refractivity contribution in [2.24, 2.45) is 0 Å². The summed E-state index contributed by atoms with van der Waals surface area (Å²) in [5.41, 5.74) is 17.3. The fourth-order valence-electron chi connectivity index (χ4n) is 11.0. The minimum absolute atomic E-state index is 0.00464. The number of likely N-dealkylation sites (N-methyl/N-ethyl adjacent to an activating group) is 1. The van der Waals surface area contributed by atoms with Gasteiger partial charge in [-0.1, -0.05) is 67.8 Å². The number of ether oxygens (including phenoxy) is 2. The van der Waals surface area contributed by atoms with Crippen molar-refractivity contribution in [3.63, 3.8) is 0 Å². The zero-order valence-corrected chi connectivity index (χ0v) is 44.7. The number of carbonyl (C=O) groups excluding carboxylic acids is 2. The lowest BCUT2D eigenvalue weighted by Crippen LogP contribution is -2.40. The molecule has 2 saturated heterocycles. The molecule has 406 valence electrons. The molecule has 12 rings (SSSR count). The van der Waals surface area contributed by atoms with E-state index in [4.69, 9.17) is 31.1 Å². The average molecular weight is 1060 g/mol. The number of nitrogens with one attached hydrogen (secondary N) is 1. The number of nitrogens with two attached hydrogens (primary N) is 2. The van der Waals surface area contributed by atoms with Crippen molar-refractivity contribution in [3.8, 4) is 45.5 Å². The first-order valence-corrected chi connectivity index (χ1v) is 27.7. The third-order valence-electron chi connectivity index (χ3n) is 15.6. The van der Waals surface area contributed by atoms with Crippen molar-refractivity contribution in [1.29, 1.82) is 0 Å². The first-order chi connectivity index (χ1) is 38.7. The highest BCUT2D eigenvalue weighted by Gasteiger charge is 2.31. The van der Waals surface area contributed by atoms with Crippen LogP contribution in [0.2, 0.25) is 0 Å². The maximum absolute atomic E-state index is 13.1. The highest BCUT2D eigenvalue weighted by Crippen LogP contribution is 2.37. The van der Waals surface area contributed by atoms with Gasteiger partial charge in [-0.2, -0.15) is 10.2 Å². The van der Waals surface area contributed by atoms with E-state index in [2.05, 4.69) is 37.2 Å². The number of nitrogen functional groups attached to an aromatic ring is 2. The third kappa shape index (κ3) is 12.3. The molecule has 2 aliphatic carbocycles. The van der Waals surface area contributed by atoms with Gasteiger partial charge in [0.05, 0.1) is 22.9 Å². The summed E-state index contributed by atoms with van der Waals surface area (Å²) in [6, 6.07) is 36.1. The first kappa shape index (κ1) is 52.6. The van der Waals surface area contributed by atoms with Crippen molar-refractivity contribution in [3.05, 3.63) is 146 Å². The number of hydrogen-bond acceptors (Lipinski definition) is 14. The van der Waals surface area contributed by atoms with E-state index >= 15 is 0 Å². The quantitative estimate of drug-likeness (QED) is 0.0769. The van der Waals surface area contributed by atoms with E-state index < -0.39 is 0 Å². The Kier molecular flexibility index (Phi) is 16.3. The molecule has 4 aromatic carbocycles. The maximum atomic E-state index is 13.1. The number of para-hydroxylation sites is 2. The van der Waals surface area contributed by atoms with Crippen LogP contribution in [0.1, 0.15) is 76.3 Å². The molecule has 18 nitrogen and oxygen atoms in total. The zero-order valence-electron chi connectivity index (χ0n) is 44.7. The van der Waals surface area contributed by atoms with Crippen LogP contribution in [0.3, 0.4) is 0 Å². The number of rotatable bonds is 16. The summed E-state index contributed by atoms with van der Waals surface area (Å²) in [7, 11) is 2.13. The van der Waals surface area contributed by atoms with E-state index in [1.165, 1.54) is 57.6 Å². The summed E-state index contributed by atoms with van der Waals surface area (Å²) < 4.78 is 15.7. The molecule has 8 aromatic rings. The van der Waals surface area contributed by atoms with Gasteiger partial charge < -0.3 is 36.1 Å². The fourth-order valence-corrected chi connectivity index (χ4v) is 11.0. The number of hydrogen-bond donors (Lipinski definition) is 3.